The van der Waals surface area contributed by atoms with Gasteiger partial charge < -0.3 is 10.1 Å². The van der Waals surface area contributed by atoms with E-state index in [1.165, 1.54) is 0 Å². The van der Waals surface area contributed by atoms with Gasteiger partial charge in [0.1, 0.15) is 13.3 Å². The van der Waals surface area contributed by atoms with Gasteiger partial charge in [0.25, 0.3) is 0 Å². The normalized spacial score (nSPS) is 33.7. The van der Waals surface area contributed by atoms with Crippen LogP contribution in [-0.4, -0.2) is 26.3 Å². The molecule has 5 heteroatoms. The average molecular weight is 381 g/mol. The molecule has 1 N–H and O–H groups in total. The number of hydrogen-bond donors (Lipinski definition) is 1. The van der Waals surface area contributed by atoms with Crippen molar-refractivity contribution in [1.29, 1.82) is 0 Å². The van der Waals surface area contributed by atoms with Crippen LogP contribution in [0.4, 0.5) is 0 Å². The first-order chi connectivity index (χ1) is 11.9. The van der Waals surface area contributed by atoms with E-state index in [2.05, 4.69) is 46.5 Å². The number of esters is 1. The summed E-state index contributed by atoms with van der Waals surface area (Å²) < 4.78 is 5.55. The van der Waals surface area contributed by atoms with Gasteiger partial charge in [0.05, 0.1) is 0 Å². The maximum atomic E-state index is 12.7. The molecule has 0 aromatic heterocycles. The minimum absolute atomic E-state index is 0.0858. The van der Waals surface area contributed by atoms with Crippen molar-refractivity contribution in [3.8, 4) is 0 Å². The molecule has 1 aliphatic carbocycles. The summed E-state index contributed by atoms with van der Waals surface area (Å²) in [5, 5.41) is 3.26. The van der Waals surface area contributed by atoms with E-state index in [0.717, 1.165) is 6.32 Å². The number of hydrogen-bond acceptors (Lipinski definition) is 3. The van der Waals surface area contributed by atoms with Gasteiger partial charge in [-0.05, 0) is 59.2 Å². The fourth-order valence-electron chi connectivity index (χ4n) is 4.48. The summed E-state index contributed by atoms with van der Waals surface area (Å²) in [5.74, 6) is 3.55. The third-order valence-electron chi connectivity index (χ3n) is 7.11. The van der Waals surface area contributed by atoms with Crippen LogP contribution in [-0.2, 0) is 9.53 Å². The van der Waals surface area contributed by atoms with Crippen LogP contribution < -0.4 is 5.32 Å². The standard InChI is InChI=1S/C21H36BClNO2/c1-10-22-12-20(6,7)18(24-9)19(25)26-17(23)11-21(8)15(4)13(2)14(3)16(21)5/h10-11,13-16,18,24H,1,12H2,2-9H3/b17-11+/t13?,14?,15-,16+,18-,21?/m0/s1. The number of halogens is 1. The number of carbonyl (C=O) groups is 1. The lowest BCUT2D eigenvalue weighted by atomic mass is 9.62. The van der Waals surface area contributed by atoms with Gasteiger partial charge >= 0.3 is 5.97 Å². The fraction of sp³-hybridized carbons (Fsp3) is 0.762. The van der Waals surface area contributed by atoms with E-state index in [4.69, 9.17) is 16.3 Å². The van der Waals surface area contributed by atoms with Crippen molar-refractivity contribution in [2.24, 2.45) is 34.5 Å². The molecule has 1 rings (SSSR count). The highest BCUT2D eigenvalue weighted by Crippen LogP contribution is 2.55. The predicted octanol–water partition coefficient (Wildman–Crippen LogP) is 5.05. The Kier molecular flexibility index (Phi) is 8.04. The summed E-state index contributed by atoms with van der Waals surface area (Å²) in [4.78, 5) is 12.7. The lowest BCUT2D eigenvalue weighted by Gasteiger charge is -2.33. The van der Waals surface area contributed by atoms with Gasteiger partial charge in [-0.25, -0.2) is 4.79 Å². The Morgan fingerprint density at radius 3 is 2.23 bits per heavy atom. The molecule has 26 heavy (non-hydrogen) atoms. The quantitative estimate of drug-likeness (QED) is 0.363. The van der Waals surface area contributed by atoms with Crippen molar-refractivity contribution in [2.45, 2.75) is 60.8 Å². The Morgan fingerprint density at radius 1 is 1.31 bits per heavy atom. The Bertz CT molecular complexity index is 532. The van der Waals surface area contributed by atoms with Crippen LogP contribution in [0.3, 0.4) is 0 Å². The molecule has 3 unspecified atom stereocenters. The van der Waals surface area contributed by atoms with Gasteiger partial charge in [-0.1, -0.05) is 54.8 Å². The zero-order valence-electron chi connectivity index (χ0n) is 17.7. The lowest BCUT2D eigenvalue weighted by Crippen LogP contribution is -2.47. The first kappa shape index (κ1) is 23.3. The van der Waals surface area contributed by atoms with Crippen LogP contribution in [0.5, 0.6) is 0 Å². The van der Waals surface area contributed by atoms with Crippen LogP contribution in [0.1, 0.15) is 48.5 Å². The number of carbonyl (C=O) groups excluding carboxylic acids is 1. The smallest absolute Gasteiger partial charge is 0.329 e. The largest absolute Gasteiger partial charge is 0.413 e. The van der Waals surface area contributed by atoms with Gasteiger partial charge in [-0.2, -0.15) is 0 Å². The maximum Gasteiger partial charge on any atom is 0.329 e. The minimum Gasteiger partial charge on any atom is -0.413 e. The Balaban J connectivity index is 2.94. The SMILES string of the molecule is C=C[B]CC(C)(C)[C@@H](NC)C(=O)O/C(Cl)=C/C1(C)[C@H](C)C(C)C(C)[C@@H]1C. The summed E-state index contributed by atoms with van der Waals surface area (Å²) in [7, 11) is 3.73. The molecule has 0 heterocycles. The van der Waals surface area contributed by atoms with Crippen molar-refractivity contribution >= 4 is 24.8 Å². The Morgan fingerprint density at radius 2 is 1.81 bits per heavy atom. The summed E-state index contributed by atoms with van der Waals surface area (Å²) >= 11 is 6.39. The van der Waals surface area contributed by atoms with Crippen LogP contribution >= 0.6 is 11.6 Å². The Labute approximate surface area is 166 Å². The number of ether oxygens (including phenoxy) is 1. The van der Waals surface area contributed by atoms with Crippen LogP contribution in [0.15, 0.2) is 23.8 Å². The van der Waals surface area contributed by atoms with E-state index in [-0.39, 0.29) is 22.0 Å². The first-order valence-electron chi connectivity index (χ1n) is 9.63. The number of likely N-dealkylation sites (N-methyl/N-ethyl adjacent to an activating group) is 1. The van der Waals surface area contributed by atoms with Gasteiger partial charge in [-0.3, -0.25) is 0 Å². The van der Waals surface area contributed by atoms with E-state index < -0.39 is 6.04 Å². The van der Waals surface area contributed by atoms with Crippen LogP contribution in [0, 0.1) is 34.5 Å². The zero-order chi connectivity index (χ0) is 20.3. The summed E-state index contributed by atoms with van der Waals surface area (Å²) in [6.07, 6.45) is 2.68. The van der Waals surface area contributed by atoms with Crippen molar-refractivity contribution in [2.75, 3.05) is 7.05 Å². The molecule has 1 aliphatic rings. The highest BCUT2D eigenvalue weighted by Gasteiger charge is 2.49. The predicted molar refractivity (Wildman–Crippen MR) is 112 cm³/mol. The van der Waals surface area contributed by atoms with E-state index in [1.807, 2.05) is 27.2 Å². The molecule has 6 atom stereocenters. The lowest BCUT2D eigenvalue weighted by molar-refractivity contribution is -0.143. The molecule has 1 fully saturated rings. The second-order valence-electron chi connectivity index (χ2n) is 8.92. The summed E-state index contributed by atoms with van der Waals surface area (Å²) in [5.41, 5.74) is -0.393. The van der Waals surface area contributed by atoms with Gasteiger partial charge in [0, 0.05) is 0 Å². The Hall–Kier alpha value is -0.735. The van der Waals surface area contributed by atoms with Gasteiger partial charge in [0.15, 0.2) is 5.22 Å². The highest BCUT2D eigenvalue weighted by atomic mass is 35.5. The van der Waals surface area contributed by atoms with E-state index in [1.54, 1.807) is 13.0 Å². The molecule has 0 aromatic rings. The third kappa shape index (κ3) is 4.75. The first-order valence-corrected chi connectivity index (χ1v) is 10.0. The topological polar surface area (TPSA) is 38.3 Å². The van der Waals surface area contributed by atoms with Crippen LogP contribution in [0.2, 0.25) is 6.32 Å². The molecule has 0 saturated heterocycles. The summed E-state index contributed by atoms with van der Waals surface area (Å²) in [6, 6.07) is -0.454. The summed E-state index contributed by atoms with van der Waals surface area (Å²) in [6.45, 7) is 19.1. The highest BCUT2D eigenvalue weighted by molar-refractivity contribution is 6.42. The molecule has 0 spiro atoms. The monoisotopic (exact) mass is 380 g/mol. The maximum absolute atomic E-state index is 12.7. The van der Waals surface area contributed by atoms with Crippen molar-refractivity contribution < 1.29 is 9.53 Å². The molecular formula is C21H36BClNO2. The van der Waals surface area contributed by atoms with Crippen molar-refractivity contribution in [3.05, 3.63) is 23.8 Å². The second-order valence-corrected chi connectivity index (χ2v) is 9.29. The molecule has 147 valence electrons. The third-order valence-corrected chi connectivity index (χ3v) is 7.29. The molecule has 1 radical (unpaired) electrons. The second kappa shape index (κ2) is 8.97. The minimum atomic E-state index is -0.454. The van der Waals surface area contributed by atoms with Crippen molar-refractivity contribution in [1.82, 2.24) is 5.32 Å². The van der Waals surface area contributed by atoms with E-state index >= 15 is 0 Å². The van der Waals surface area contributed by atoms with Gasteiger partial charge in [0.2, 0.25) is 0 Å². The average Bonchev–Trinajstić information content (AvgIpc) is 2.69. The van der Waals surface area contributed by atoms with E-state index in [9.17, 15) is 4.79 Å². The van der Waals surface area contributed by atoms with E-state index in [0.29, 0.717) is 23.7 Å². The molecular weight excluding hydrogens is 345 g/mol. The van der Waals surface area contributed by atoms with Gasteiger partial charge in [-0.15, -0.1) is 12.6 Å². The molecule has 0 aliphatic heterocycles. The molecule has 1 saturated carbocycles. The molecule has 3 nitrogen and oxygen atoms in total. The molecule has 0 aromatic carbocycles. The fourth-order valence-corrected chi connectivity index (χ4v) is 4.79. The number of rotatable bonds is 8. The zero-order valence-corrected chi connectivity index (χ0v) is 18.5. The van der Waals surface area contributed by atoms with Crippen molar-refractivity contribution in [3.63, 3.8) is 0 Å². The molecule has 0 amide bonds. The number of nitrogens with one attached hydrogen (secondary N) is 1. The number of allylic oxidation sites excluding steroid dienone is 1. The molecule has 0 bridgehead atoms. The van der Waals surface area contributed by atoms with Crippen LogP contribution in [0.25, 0.3) is 0 Å².